The maximum atomic E-state index is 12.8. The van der Waals surface area contributed by atoms with Crippen LogP contribution in [0.3, 0.4) is 0 Å². The minimum absolute atomic E-state index is 0.0436. The lowest BCUT2D eigenvalue weighted by atomic mass is 9.95. The van der Waals surface area contributed by atoms with Crippen LogP contribution in [0.5, 0.6) is 0 Å². The Hall–Kier alpha value is -1.39. The molecule has 1 N–H and O–H groups in total. The number of carbonyl (C=O) groups is 1. The van der Waals surface area contributed by atoms with Gasteiger partial charge in [-0.2, -0.15) is 0 Å². The summed E-state index contributed by atoms with van der Waals surface area (Å²) in [5.74, 6) is 0.0494. The van der Waals surface area contributed by atoms with Crippen molar-refractivity contribution in [2.24, 2.45) is 0 Å². The van der Waals surface area contributed by atoms with Gasteiger partial charge in [-0.1, -0.05) is 43.2 Å². The molecular formula is C18H25NO3. The van der Waals surface area contributed by atoms with Crippen molar-refractivity contribution >= 4 is 5.91 Å². The second kappa shape index (κ2) is 6.39. The van der Waals surface area contributed by atoms with E-state index >= 15 is 0 Å². The van der Waals surface area contributed by atoms with Gasteiger partial charge in [0.1, 0.15) is 0 Å². The van der Waals surface area contributed by atoms with Crippen LogP contribution in [-0.4, -0.2) is 40.8 Å². The van der Waals surface area contributed by atoms with Gasteiger partial charge in [0, 0.05) is 6.54 Å². The van der Waals surface area contributed by atoms with Gasteiger partial charge in [0.2, 0.25) is 5.91 Å². The molecule has 3 rings (SSSR count). The molecule has 1 saturated carbocycles. The topological polar surface area (TPSA) is 49.8 Å². The van der Waals surface area contributed by atoms with Crippen LogP contribution in [0.4, 0.5) is 0 Å². The minimum atomic E-state index is -0.792. The first-order valence-corrected chi connectivity index (χ1v) is 8.26. The van der Waals surface area contributed by atoms with E-state index in [1.165, 1.54) is 0 Å². The number of carbonyl (C=O) groups excluding carboxylic acids is 1. The highest BCUT2D eigenvalue weighted by Gasteiger charge is 2.38. The van der Waals surface area contributed by atoms with Gasteiger partial charge in [0.15, 0.2) is 0 Å². The van der Waals surface area contributed by atoms with Crippen molar-refractivity contribution in [2.45, 2.75) is 56.8 Å². The van der Waals surface area contributed by atoms with E-state index < -0.39 is 5.60 Å². The zero-order chi connectivity index (χ0) is 15.6. The van der Waals surface area contributed by atoms with Crippen molar-refractivity contribution in [3.05, 3.63) is 35.9 Å². The molecule has 1 aromatic rings. The summed E-state index contributed by atoms with van der Waals surface area (Å²) in [7, 11) is 0. The average molecular weight is 303 g/mol. The van der Waals surface area contributed by atoms with E-state index in [9.17, 15) is 9.90 Å². The fraction of sp³-hybridized carbons (Fsp3) is 0.611. The van der Waals surface area contributed by atoms with Crippen LogP contribution < -0.4 is 0 Å². The standard InChI is InChI=1S/C18H25NO3/c1-14-12-19(17(20)11-18(21)9-5-6-10-18)16(13-22-14)15-7-3-2-4-8-15/h2-4,7-8,14,16,21H,5-6,9-13H2,1H3. The van der Waals surface area contributed by atoms with Crippen molar-refractivity contribution in [1.29, 1.82) is 0 Å². The average Bonchev–Trinajstić information content (AvgIpc) is 2.94. The Balaban J connectivity index is 1.76. The fourth-order valence-corrected chi connectivity index (χ4v) is 3.62. The first kappa shape index (κ1) is 15.5. The molecule has 1 amide bonds. The van der Waals surface area contributed by atoms with E-state index in [-0.39, 0.29) is 24.5 Å². The summed E-state index contributed by atoms with van der Waals surface area (Å²) in [4.78, 5) is 14.7. The molecule has 2 unspecified atom stereocenters. The molecule has 2 atom stereocenters. The van der Waals surface area contributed by atoms with Gasteiger partial charge < -0.3 is 14.7 Å². The van der Waals surface area contributed by atoms with Crippen LogP contribution in [0, 0.1) is 0 Å². The van der Waals surface area contributed by atoms with Crippen molar-refractivity contribution in [1.82, 2.24) is 4.90 Å². The van der Waals surface area contributed by atoms with Crippen LogP contribution in [0.15, 0.2) is 30.3 Å². The maximum absolute atomic E-state index is 12.8. The molecule has 4 nitrogen and oxygen atoms in total. The van der Waals surface area contributed by atoms with Gasteiger partial charge in [-0.05, 0) is 25.3 Å². The highest BCUT2D eigenvalue weighted by atomic mass is 16.5. The normalized spacial score (nSPS) is 27.8. The molecule has 4 heteroatoms. The third-order valence-electron chi connectivity index (χ3n) is 4.89. The van der Waals surface area contributed by atoms with E-state index in [0.717, 1.165) is 31.2 Å². The van der Waals surface area contributed by atoms with E-state index in [4.69, 9.17) is 4.74 Å². The van der Waals surface area contributed by atoms with E-state index in [2.05, 4.69) is 0 Å². The fourth-order valence-electron chi connectivity index (χ4n) is 3.62. The van der Waals surface area contributed by atoms with Gasteiger partial charge in [0.05, 0.1) is 30.8 Å². The summed E-state index contributed by atoms with van der Waals surface area (Å²) in [5.41, 5.74) is 0.306. The number of ether oxygens (including phenoxy) is 1. The molecule has 2 aliphatic rings. The third kappa shape index (κ3) is 3.33. The van der Waals surface area contributed by atoms with E-state index in [1.807, 2.05) is 42.2 Å². The van der Waals surface area contributed by atoms with Crippen LogP contribution in [0.25, 0.3) is 0 Å². The molecule has 120 valence electrons. The summed E-state index contributed by atoms with van der Waals surface area (Å²) in [6, 6.07) is 9.97. The Kier molecular flexibility index (Phi) is 4.50. The molecule has 1 aliphatic heterocycles. The quantitative estimate of drug-likeness (QED) is 0.934. The van der Waals surface area contributed by atoms with Gasteiger partial charge in [-0.15, -0.1) is 0 Å². The van der Waals surface area contributed by atoms with Crippen molar-refractivity contribution < 1.29 is 14.6 Å². The number of morpholine rings is 1. The molecule has 1 heterocycles. The van der Waals surface area contributed by atoms with E-state index in [0.29, 0.717) is 13.2 Å². The van der Waals surface area contributed by atoms with Gasteiger partial charge in [0.25, 0.3) is 0 Å². The molecule has 0 spiro atoms. The molecule has 0 bridgehead atoms. The number of amides is 1. The third-order valence-corrected chi connectivity index (χ3v) is 4.89. The Labute approximate surface area is 132 Å². The summed E-state index contributed by atoms with van der Waals surface area (Å²) >= 11 is 0. The Bertz CT molecular complexity index is 510. The van der Waals surface area contributed by atoms with Crippen molar-refractivity contribution in [2.75, 3.05) is 13.2 Å². The van der Waals surface area contributed by atoms with Gasteiger partial charge in [-0.25, -0.2) is 0 Å². The number of rotatable bonds is 3. The Morgan fingerprint density at radius 3 is 2.68 bits per heavy atom. The minimum Gasteiger partial charge on any atom is -0.389 e. The van der Waals surface area contributed by atoms with Crippen LogP contribution in [-0.2, 0) is 9.53 Å². The number of aliphatic hydroxyl groups is 1. The van der Waals surface area contributed by atoms with Gasteiger partial charge >= 0.3 is 0 Å². The van der Waals surface area contributed by atoms with Crippen molar-refractivity contribution in [3.8, 4) is 0 Å². The lowest BCUT2D eigenvalue weighted by Gasteiger charge is -2.40. The lowest BCUT2D eigenvalue weighted by Crippen LogP contribution is -2.48. The maximum Gasteiger partial charge on any atom is 0.226 e. The monoisotopic (exact) mass is 303 g/mol. The number of hydrogen-bond acceptors (Lipinski definition) is 3. The zero-order valence-corrected chi connectivity index (χ0v) is 13.2. The zero-order valence-electron chi connectivity index (χ0n) is 13.2. The van der Waals surface area contributed by atoms with Crippen molar-refractivity contribution in [3.63, 3.8) is 0 Å². The summed E-state index contributed by atoms with van der Waals surface area (Å²) in [6.07, 6.45) is 3.81. The lowest BCUT2D eigenvalue weighted by molar-refractivity contribution is -0.149. The SMILES string of the molecule is CC1CN(C(=O)CC2(O)CCCC2)C(c2ccccc2)CO1. The molecule has 1 aromatic carbocycles. The molecule has 2 fully saturated rings. The van der Waals surface area contributed by atoms with Crippen LogP contribution in [0.1, 0.15) is 50.6 Å². The van der Waals surface area contributed by atoms with E-state index in [1.54, 1.807) is 0 Å². The first-order valence-electron chi connectivity index (χ1n) is 8.26. The second-order valence-corrected chi connectivity index (χ2v) is 6.72. The molecule has 22 heavy (non-hydrogen) atoms. The summed E-state index contributed by atoms with van der Waals surface area (Å²) < 4.78 is 5.76. The Morgan fingerprint density at radius 2 is 2.00 bits per heavy atom. The smallest absolute Gasteiger partial charge is 0.226 e. The first-order chi connectivity index (χ1) is 10.6. The van der Waals surface area contributed by atoms with Gasteiger partial charge in [-0.3, -0.25) is 4.79 Å². The molecule has 1 aliphatic carbocycles. The largest absolute Gasteiger partial charge is 0.389 e. The highest BCUT2D eigenvalue weighted by Crippen LogP contribution is 2.35. The summed E-state index contributed by atoms with van der Waals surface area (Å²) in [5, 5.41) is 10.5. The summed E-state index contributed by atoms with van der Waals surface area (Å²) in [6.45, 7) is 3.11. The number of hydrogen-bond donors (Lipinski definition) is 1. The molecule has 1 saturated heterocycles. The Morgan fingerprint density at radius 1 is 1.32 bits per heavy atom. The predicted octanol–water partition coefficient (Wildman–Crippen LogP) is 2.67. The molecular weight excluding hydrogens is 278 g/mol. The predicted molar refractivity (Wildman–Crippen MR) is 84.3 cm³/mol. The highest BCUT2D eigenvalue weighted by molar-refractivity contribution is 5.78. The number of benzene rings is 1. The number of nitrogens with zero attached hydrogens (tertiary/aromatic N) is 1. The molecule has 0 radical (unpaired) electrons. The molecule has 0 aromatic heterocycles. The van der Waals surface area contributed by atoms with Crippen LogP contribution >= 0.6 is 0 Å². The second-order valence-electron chi connectivity index (χ2n) is 6.72. The van der Waals surface area contributed by atoms with Crippen LogP contribution in [0.2, 0.25) is 0 Å².